The van der Waals surface area contributed by atoms with Crippen LogP contribution in [0, 0.1) is 13.8 Å². The van der Waals surface area contributed by atoms with Crippen molar-refractivity contribution in [2.45, 2.75) is 52.5 Å². The van der Waals surface area contributed by atoms with Crippen molar-refractivity contribution in [3.05, 3.63) is 46.2 Å². The Labute approximate surface area is 151 Å². The highest BCUT2D eigenvalue weighted by atomic mass is 32.1. The zero-order chi connectivity index (χ0) is 18.0. The molecule has 0 fully saturated rings. The molecule has 132 valence electrons. The Morgan fingerprint density at radius 1 is 1.20 bits per heavy atom. The molecule has 3 rings (SSSR count). The molecule has 1 N–H and O–H groups in total. The average molecular weight is 357 g/mol. The van der Waals surface area contributed by atoms with Crippen molar-refractivity contribution in [1.82, 2.24) is 25.1 Å². The number of aryl methyl sites for hydroxylation is 3. The molecule has 2 heterocycles. The van der Waals surface area contributed by atoms with Crippen LogP contribution in [-0.4, -0.2) is 31.3 Å². The van der Waals surface area contributed by atoms with Crippen molar-refractivity contribution in [2.24, 2.45) is 0 Å². The van der Waals surface area contributed by atoms with Crippen LogP contribution in [0.15, 0.2) is 24.3 Å². The van der Waals surface area contributed by atoms with Gasteiger partial charge < -0.3 is 5.32 Å². The molecule has 1 aromatic carbocycles. The molecule has 0 aliphatic heterocycles. The van der Waals surface area contributed by atoms with Crippen LogP contribution in [0.3, 0.4) is 0 Å². The second kappa shape index (κ2) is 6.92. The molecule has 0 saturated carbocycles. The fraction of sp³-hybridized carbons (Fsp3) is 0.444. The highest BCUT2D eigenvalue weighted by Gasteiger charge is 2.21. The van der Waals surface area contributed by atoms with Gasteiger partial charge in [-0.05, 0) is 39.7 Å². The van der Waals surface area contributed by atoms with Crippen molar-refractivity contribution >= 4 is 22.2 Å². The molecular weight excluding hydrogens is 334 g/mol. The first-order valence-electron chi connectivity index (χ1n) is 8.37. The van der Waals surface area contributed by atoms with E-state index in [1.54, 1.807) is 4.52 Å². The number of carbonyl (C=O) groups is 1. The number of aromatic nitrogens is 4. The van der Waals surface area contributed by atoms with Gasteiger partial charge in [-0.2, -0.15) is 9.61 Å². The molecule has 0 unspecified atom stereocenters. The smallest absolute Gasteiger partial charge is 0.234 e. The lowest BCUT2D eigenvalue weighted by atomic mass is 9.94. The summed E-state index contributed by atoms with van der Waals surface area (Å²) in [5, 5.41) is 16.5. The van der Waals surface area contributed by atoms with Gasteiger partial charge in [0.1, 0.15) is 5.01 Å². The zero-order valence-electron chi connectivity index (χ0n) is 15.0. The number of fused-ring (bicyclic) bond motifs is 1. The minimum Gasteiger partial charge on any atom is -0.351 e. The summed E-state index contributed by atoms with van der Waals surface area (Å²) < 4.78 is 1.72. The lowest BCUT2D eigenvalue weighted by Crippen LogP contribution is -2.45. The summed E-state index contributed by atoms with van der Waals surface area (Å²) in [5.41, 5.74) is 2.18. The normalized spacial score (nSPS) is 11.8. The molecule has 2 aromatic heterocycles. The van der Waals surface area contributed by atoms with Crippen LogP contribution in [0.4, 0.5) is 0 Å². The second-order valence-electron chi connectivity index (χ2n) is 7.03. The summed E-state index contributed by atoms with van der Waals surface area (Å²) in [7, 11) is 0. The maximum Gasteiger partial charge on any atom is 0.234 e. The van der Waals surface area contributed by atoms with E-state index >= 15 is 0 Å². The second-order valence-corrected chi connectivity index (χ2v) is 8.07. The number of benzene rings is 1. The first kappa shape index (κ1) is 17.5. The van der Waals surface area contributed by atoms with Gasteiger partial charge >= 0.3 is 0 Å². The lowest BCUT2D eigenvalue weighted by molar-refractivity contribution is -0.122. The van der Waals surface area contributed by atoms with Crippen molar-refractivity contribution in [3.63, 3.8) is 0 Å². The zero-order valence-corrected chi connectivity index (χ0v) is 15.9. The summed E-state index contributed by atoms with van der Waals surface area (Å²) >= 11 is 1.48. The van der Waals surface area contributed by atoms with Crippen LogP contribution in [0.5, 0.6) is 0 Å². The molecule has 0 spiro atoms. The average Bonchev–Trinajstić information content (AvgIpc) is 3.09. The summed E-state index contributed by atoms with van der Waals surface area (Å²) in [6.07, 6.45) is 1.83. The standard InChI is InChI=1S/C18H23N5OS/c1-12-5-7-14(8-6-12)11-18(3,4)19-15(24)9-10-16-22-23-13(2)20-21-17(23)25-16/h5-8H,9-11H2,1-4H3,(H,19,24). The van der Waals surface area contributed by atoms with Crippen molar-refractivity contribution in [3.8, 4) is 0 Å². The van der Waals surface area contributed by atoms with Crippen molar-refractivity contribution in [2.75, 3.05) is 0 Å². The van der Waals surface area contributed by atoms with E-state index < -0.39 is 0 Å². The van der Waals surface area contributed by atoms with E-state index in [4.69, 9.17) is 0 Å². The van der Waals surface area contributed by atoms with Gasteiger partial charge in [-0.25, -0.2) is 0 Å². The first-order valence-corrected chi connectivity index (χ1v) is 9.18. The monoisotopic (exact) mass is 357 g/mol. The molecule has 0 saturated heterocycles. The van der Waals surface area contributed by atoms with E-state index in [2.05, 4.69) is 65.6 Å². The van der Waals surface area contributed by atoms with Crippen LogP contribution in [0.25, 0.3) is 4.96 Å². The number of amides is 1. The van der Waals surface area contributed by atoms with Crippen LogP contribution in [0.2, 0.25) is 0 Å². The molecule has 0 radical (unpaired) electrons. The van der Waals surface area contributed by atoms with Gasteiger partial charge in [0.2, 0.25) is 10.9 Å². The molecule has 1 amide bonds. The van der Waals surface area contributed by atoms with Gasteiger partial charge in [-0.1, -0.05) is 41.2 Å². The molecular formula is C18H23N5OS. The largest absolute Gasteiger partial charge is 0.351 e. The number of rotatable bonds is 6. The predicted molar refractivity (Wildman–Crippen MR) is 98.8 cm³/mol. The predicted octanol–water partition coefficient (Wildman–Crippen LogP) is 2.87. The third-order valence-corrected chi connectivity index (χ3v) is 4.96. The van der Waals surface area contributed by atoms with Gasteiger partial charge in [0.15, 0.2) is 5.82 Å². The van der Waals surface area contributed by atoms with Crippen LogP contribution >= 0.6 is 11.3 Å². The Morgan fingerprint density at radius 3 is 2.60 bits per heavy atom. The molecule has 0 bridgehead atoms. The molecule has 3 aromatic rings. The highest BCUT2D eigenvalue weighted by Crippen LogP contribution is 2.17. The summed E-state index contributed by atoms with van der Waals surface area (Å²) in [6, 6.07) is 8.43. The molecule has 6 nitrogen and oxygen atoms in total. The van der Waals surface area contributed by atoms with Gasteiger partial charge in [-0.3, -0.25) is 4.79 Å². The SMILES string of the molecule is Cc1ccc(CC(C)(C)NC(=O)CCc2nn3c(C)nnc3s2)cc1. The van der Waals surface area contributed by atoms with Crippen LogP contribution in [-0.2, 0) is 17.6 Å². The summed E-state index contributed by atoms with van der Waals surface area (Å²) in [4.78, 5) is 13.1. The topological polar surface area (TPSA) is 72.2 Å². The quantitative estimate of drug-likeness (QED) is 0.736. The molecule has 0 atom stereocenters. The molecule has 7 heteroatoms. The Bertz CT molecular complexity index is 879. The third-order valence-electron chi connectivity index (χ3n) is 4.00. The Hall–Kier alpha value is -2.28. The number of nitrogens with one attached hydrogen (secondary N) is 1. The van der Waals surface area contributed by atoms with Gasteiger partial charge in [0.05, 0.1) is 0 Å². The molecule has 0 aliphatic rings. The lowest BCUT2D eigenvalue weighted by Gasteiger charge is -2.26. The number of nitrogens with zero attached hydrogens (tertiary/aromatic N) is 4. The Balaban J connectivity index is 1.54. The number of hydrogen-bond donors (Lipinski definition) is 1. The van der Waals surface area contributed by atoms with Crippen molar-refractivity contribution < 1.29 is 4.79 Å². The van der Waals surface area contributed by atoms with Crippen LogP contribution in [0.1, 0.15) is 42.2 Å². The molecule has 0 aliphatic carbocycles. The highest BCUT2D eigenvalue weighted by molar-refractivity contribution is 7.16. The van der Waals surface area contributed by atoms with E-state index in [0.717, 1.165) is 22.2 Å². The van der Waals surface area contributed by atoms with Gasteiger partial charge in [-0.15, -0.1) is 10.2 Å². The van der Waals surface area contributed by atoms with Gasteiger partial charge in [0.25, 0.3) is 0 Å². The minimum absolute atomic E-state index is 0.0415. The summed E-state index contributed by atoms with van der Waals surface area (Å²) in [5.74, 6) is 0.806. The fourth-order valence-electron chi connectivity index (χ4n) is 2.78. The van der Waals surface area contributed by atoms with Crippen molar-refractivity contribution in [1.29, 1.82) is 0 Å². The fourth-order valence-corrected chi connectivity index (χ4v) is 3.65. The van der Waals surface area contributed by atoms with E-state index in [1.165, 1.54) is 22.5 Å². The molecule has 25 heavy (non-hydrogen) atoms. The maximum atomic E-state index is 12.3. The van der Waals surface area contributed by atoms with Gasteiger partial charge in [0, 0.05) is 18.4 Å². The van der Waals surface area contributed by atoms with E-state index in [9.17, 15) is 4.79 Å². The number of carbonyl (C=O) groups excluding carboxylic acids is 1. The maximum absolute atomic E-state index is 12.3. The Kier molecular flexibility index (Phi) is 4.85. The summed E-state index contributed by atoms with van der Waals surface area (Å²) in [6.45, 7) is 8.04. The van der Waals surface area contributed by atoms with E-state index in [1.807, 2.05) is 6.92 Å². The van der Waals surface area contributed by atoms with E-state index in [-0.39, 0.29) is 11.4 Å². The minimum atomic E-state index is -0.287. The first-order chi connectivity index (χ1) is 11.8. The van der Waals surface area contributed by atoms with Crippen LogP contribution < -0.4 is 5.32 Å². The number of hydrogen-bond acceptors (Lipinski definition) is 5. The van der Waals surface area contributed by atoms with E-state index in [0.29, 0.717) is 12.8 Å². The Morgan fingerprint density at radius 2 is 1.92 bits per heavy atom. The third kappa shape index (κ3) is 4.42.